The first-order valence-corrected chi connectivity index (χ1v) is 9.31. The van der Waals surface area contributed by atoms with Crippen LogP contribution in [0.5, 0.6) is 0 Å². The molecule has 0 aliphatic carbocycles. The van der Waals surface area contributed by atoms with E-state index in [2.05, 4.69) is 15.6 Å². The highest BCUT2D eigenvalue weighted by Gasteiger charge is 2.31. The average molecular weight is 396 g/mol. The first kappa shape index (κ1) is 18.3. The molecule has 1 unspecified atom stereocenters. The third kappa shape index (κ3) is 3.27. The van der Waals surface area contributed by atoms with Crippen molar-refractivity contribution in [3.05, 3.63) is 69.0 Å². The number of H-pyrrole nitrogens is 1. The van der Waals surface area contributed by atoms with E-state index in [1.54, 1.807) is 24.3 Å². The fourth-order valence-electron chi connectivity index (χ4n) is 3.52. The smallest absolute Gasteiger partial charge is 0.253 e. The predicted octanol–water partition coefficient (Wildman–Crippen LogP) is 3.63. The molecule has 4 rings (SSSR count). The van der Waals surface area contributed by atoms with E-state index in [0.717, 1.165) is 10.9 Å². The zero-order chi connectivity index (χ0) is 19.8. The van der Waals surface area contributed by atoms with Gasteiger partial charge in [0.25, 0.3) is 5.56 Å². The first-order valence-electron chi connectivity index (χ1n) is 8.94. The van der Waals surface area contributed by atoms with Crippen molar-refractivity contribution in [1.29, 1.82) is 0 Å². The number of nitrogens with one attached hydrogen (secondary N) is 3. The van der Waals surface area contributed by atoms with Gasteiger partial charge < -0.3 is 15.6 Å². The molecule has 6 nitrogen and oxygen atoms in total. The van der Waals surface area contributed by atoms with Gasteiger partial charge in [-0.15, -0.1) is 0 Å². The molecule has 7 heteroatoms. The van der Waals surface area contributed by atoms with Gasteiger partial charge in [0.05, 0.1) is 17.1 Å². The molecule has 2 aromatic carbocycles. The first-order chi connectivity index (χ1) is 13.4. The number of amides is 2. The zero-order valence-electron chi connectivity index (χ0n) is 15.1. The van der Waals surface area contributed by atoms with Crippen LogP contribution >= 0.6 is 11.6 Å². The largest absolute Gasteiger partial charge is 0.326 e. The topological polar surface area (TPSA) is 91.1 Å². The van der Waals surface area contributed by atoms with Crippen LogP contribution in [0.3, 0.4) is 0 Å². The minimum Gasteiger partial charge on any atom is -0.326 e. The van der Waals surface area contributed by atoms with E-state index in [4.69, 9.17) is 11.6 Å². The van der Waals surface area contributed by atoms with Crippen LogP contribution in [0.15, 0.2) is 47.3 Å². The number of hydrogen-bond acceptors (Lipinski definition) is 3. The number of fused-ring (bicyclic) bond motifs is 3. The summed E-state index contributed by atoms with van der Waals surface area (Å²) in [7, 11) is 0. The second kappa shape index (κ2) is 7.13. The van der Waals surface area contributed by atoms with Gasteiger partial charge in [0.1, 0.15) is 0 Å². The molecule has 3 aromatic rings. The zero-order valence-corrected chi connectivity index (χ0v) is 15.9. The predicted molar refractivity (Wildman–Crippen MR) is 110 cm³/mol. The molecule has 2 amide bonds. The summed E-state index contributed by atoms with van der Waals surface area (Å²) in [5.74, 6) is -1.18. The Bertz CT molecular complexity index is 1170. The van der Waals surface area contributed by atoms with Crippen LogP contribution in [0, 0.1) is 12.8 Å². The number of rotatable bonds is 3. The van der Waals surface area contributed by atoms with E-state index in [9.17, 15) is 14.4 Å². The number of para-hydroxylation sites is 1. The number of anilines is 2. The van der Waals surface area contributed by atoms with Crippen molar-refractivity contribution in [2.45, 2.75) is 19.8 Å². The third-order valence-electron chi connectivity index (χ3n) is 5.06. The standard InChI is InChI=1S/C21H18ClN3O3/c1-11-15(22)6-4-8-16(11)23-18(26)10-12-9-14-19(25-20(12)27)13-5-2-3-7-17(13)24-21(14)28/h2-8,12H,9-10H2,1H3,(H,23,26)(H,24,28)(H,25,27). The van der Waals surface area contributed by atoms with Crippen LogP contribution in [0.2, 0.25) is 5.02 Å². The van der Waals surface area contributed by atoms with Crippen molar-refractivity contribution in [1.82, 2.24) is 4.98 Å². The lowest BCUT2D eigenvalue weighted by Crippen LogP contribution is -2.36. The maximum Gasteiger partial charge on any atom is 0.253 e. The fraction of sp³-hybridized carbons (Fsp3) is 0.190. The maximum absolute atomic E-state index is 12.6. The van der Waals surface area contributed by atoms with Crippen LogP contribution in [0.4, 0.5) is 11.4 Å². The molecule has 2 heterocycles. The second-order valence-corrected chi connectivity index (χ2v) is 7.32. The molecule has 0 spiro atoms. The quantitative estimate of drug-likeness (QED) is 0.632. The Balaban J connectivity index is 1.57. The van der Waals surface area contributed by atoms with E-state index in [1.807, 2.05) is 25.1 Å². The maximum atomic E-state index is 12.6. The Morgan fingerprint density at radius 2 is 1.96 bits per heavy atom. The van der Waals surface area contributed by atoms with Crippen molar-refractivity contribution in [3.63, 3.8) is 0 Å². The van der Waals surface area contributed by atoms with Crippen molar-refractivity contribution >= 4 is 45.7 Å². The van der Waals surface area contributed by atoms with Gasteiger partial charge in [0.15, 0.2) is 0 Å². The van der Waals surface area contributed by atoms with Gasteiger partial charge in [-0.2, -0.15) is 0 Å². The highest BCUT2D eigenvalue weighted by atomic mass is 35.5. The molecule has 0 saturated carbocycles. The molecule has 1 atom stereocenters. The number of carbonyl (C=O) groups is 2. The minimum absolute atomic E-state index is 0.0243. The second-order valence-electron chi connectivity index (χ2n) is 6.91. The number of pyridine rings is 1. The summed E-state index contributed by atoms with van der Waals surface area (Å²) in [6.07, 6.45) is 0.187. The molecule has 3 N–H and O–H groups in total. The summed E-state index contributed by atoms with van der Waals surface area (Å²) in [4.78, 5) is 40.4. The highest BCUT2D eigenvalue weighted by molar-refractivity contribution is 6.31. The Morgan fingerprint density at radius 1 is 1.18 bits per heavy atom. The molecular formula is C21H18ClN3O3. The number of carbonyl (C=O) groups excluding carboxylic acids is 2. The highest BCUT2D eigenvalue weighted by Crippen LogP contribution is 2.31. The number of aromatic amines is 1. The summed E-state index contributed by atoms with van der Waals surface area (Å²) >= 11 is 6.08. The molecule has 1 aliphatic heterocycles. The number of benzene rings is 2. The molecule has 142 valence electrons. The summed E-state index contributed by atoms with van der Waals surface area (Å²) in [5, 5.41) is 6.96. The molecule has 0 bridgehead atoms. The van der Waals surface area contributed by atoms with Crippen molar-refractivity contribution in [2.24, 2.45) is 5.92 Å². The Morgan fingerprint density at radius 3 is 2.79 bits per heavy atom. The van der Waals surface area contributed by atoms with E-state index >= 15 is 0 Å². The minimum atomic E-state index is -0.616. The van der Waals surface area contributed by atoms with Crippen LogP contribution < -0.4 is 16.2 Å². The van der Waals surface area contributed by atoms with Gasteiger partial charge >= 0.3 is 0 Å². The monoisotopic (exact) mass is 395 g/mol. The van der Waals surface area contributed by atoms with E-state index in [0.29, 0.717) is 27.5 Å². The van der Waals surface area contributed by atoms with E-state index < -0.39 is 5.92 Å². The molecule has 28 heavy (non-hydrogen) atoms. The Kier molecular flexibility index (Phi) is 4.65. The van der Waals surface area contributed by atoms with Crippen LogP contribution in [0.1, 0.15) is 17.5 Å². The van der Waals surface area contributed by atoms with Gasteiger partial charge in [-0.3, -0.25) is 14.4 Å². The van der Waals surface area contributed by atoms with E-state index in [1.165, 1.54) is 0 Å². The van der Waals surface area contributed by atoms with Crippen molar-refractivity contribution in [2.75, 3.05) is 10.6 Å². The van der Waals surface area contributed by atoms with Crippen LogP contribution in [-0.4, -0.2) is 16.8 Å². The summed E-state index contributed by atoms with van der Waals surface area (Å²) in [6, 6.07) is 12.6. The number of hydrogen-bond donors (Lipinski definition) is 3. The molecule has 0 radical (unpaired) electrons. The van der Waals surface area contributed by atoms with Gasteiger partial charge in [-0.25, -0.2) is 0 Å². The summed E-state index contributed by atoms with van der Waals surface area (Å²) in [6.45, 7) is 1.81. The third-order valence-corrected chi connectivity index (χ3v) is 5.47. The summed E-state index contributed by atoms with van der Waals surface area (Å²) < 4.78 is 0. The molecule has 1 aromatic heterocycles. The van der Waals surface area contributed by atoms with E-state index in [-0.39, 0.29) is 30.2 Å². The van der Waals surface area contributed by atoms with Gasteiger partial charge in [-0.1, -0.05) is 35.9 Å². The van der Waals surface area contributed by atoms with Gasteiger partial charge in [-0.05, 0) is 37.1 Å². The lowest BCUT2D eigenvalue weighted by molar-refractivity contribution is -0.125. The van der Waals surface area contributed by atoms with Gasteiger partial charge in [0, 0.05) is 28.1 Å². The average Bonchev–Trinajstić information content (AvgIpc) is 2.67. The fourth-order valence-corrected chi connectivity index (χ4v) is 3.69. The van der Waals surface area contributed by atoms with Gasteiger partial charge in [0.2, 0.25) is 11.8 Å². The SMILES string of the molecule is Cc1c(Cl)cccc1NC(=O)CC1Cc2c(c3ccccc3[nH]c2=O)NC1=O. The Labute approximate surface area is 165 Å². The normalized spacial score (nSPS) is 15.8. The molecular weight excluding hydrogens is 378 g/mol. The van der Waals surface area contributed by atoms with Crippen molar-refractivity contribution in [3.8, 4) is 0 Å². The summed E-state index contributed by atoms with van der Waals surface area (Å²) in [5.41, 5.74) is 2.82. The number of halogens is 1. The lowest BCUT2D eigenvalue weighted by Gasteiger charge is -2.25. The molecule has 0 fully saturated rings. The van der Waals surface area contributed by atoms with Crippen LogP contribution in [0.25, 0.3) is 10.9 Å². The Hall–Kier alpha value is -3.12. The van der Waals surface area contributed by atoms with Crippen LogP contribution in [-0.2, 0) is 16.0 Å². The lowest BCUT2D eigenvalue weighted by atomic mass is 9.90. The molecule has 0 saturated heterocycles. The molecule has 1 aliphatic rings. The number of aromatic nitrogens is 1. The van der Waals surface area contributed by atoms with Crippen molar-refractivity contribution < 1.29 is 9.59 Å².